The molecule has 1 N–H and O–H groups in total. The van der Waals surface area contributed by atoms with E-state index in [1.165, 1.54) is 49.5 Å². The van der Waals surface area contributed by atoms with Crippen LogP contribution in [0.3, 0.4) is 0 Å². The summed E-state index contributed by atoms with van der Waals surface area (Å²) in [6, 6.07) is 16.9. The van der Waals surface area contributed by atoms with E-state index in [9.17, 15) is 18.0 Å². The topological polar surface area (TPSA) is 105 Å². The Morgan fingerprint density at radius 2 is 1.59 bits per heavy atom. The fraction of sp³-hybridized carbons (Fsp3) is 0.333. The van der Waals surface area contributed by atoms with Gasteiger partial charge in [0, 0.05) is 23.7 Å². The zero-order chi connectivity index (χ0) is 30.3. The fourth-order valence-electron chi connectivity index (χ4n) is 4.24. The van der Waals surface area contributed by atoms with Crippen LogP contribution in [-0.2, 0) is 26.2 Å². The fourth-order valence-corrected chi connectivity index (χ4v) is 5.79. The molecule has 0 aliphatic rings. The van der Waals surface area contributed by atoms with Crippen molar-refractivity contribution in [3.63, 3.8) is 0 Å². The predicted octanol–water partition coefficient (Wildman–Crippen LogP) is 4.80. The van der Waals surface area contributed by atoms with Gasteiger partial charge in [-0.3, -0.25) is 13.9 Å². The van der Waals surface area contributed by atoms with Crippen molar-refractivity contribution in [2.75, 3.05) is 25.1 Å². The van der Waals surface area contributed by atoms with Gasteiger partial charge in [0.05, 0.1) is 24.8 Å². The molecule has 0 bridgehead atoms. The average molecular weight is 602 g/mol. The molecule has 0 spiro atoms. The largest absolute Gasteiger partial charge is 0.493 e. The predicted molar refractivity (Wildman–Crippen MR) is 160 cm³/mol. The van der Waals surface area contributed by atoms with E-state index in [0.717, 1.165) is 15.4 Å². The summed E-state index contributed by atoms with van der Waals surface area (Å²) >= 11 is 6.08. The highest BCUT2D eigenvalue weighted by Crippen LogP contribution is 2.32. The summed E-state index contributed by atoms with van der Waals surface area (Å²) in [5, 5.41) is 3.25. The Balaban J connectivity index is 2.07. The highest BCUT2D eigenvalue weighted by Gasteiger charge is 2.33. The number of hydrogen-bond donors (Lipinski definition) is 1. The van der Waals surface area contributed by atoms with Crippen LogP contribution in [-0.4, -0.2) is 58.0 Å². The van der Waals surface area contributed by atoms with Crippen LogP contribution in [0.5, 0.6) is 11.5 Å². The van der Waals surface area contributed by atoms with Crippen LogP contribution in [0.1, 0.15) is 31.9 Å². The lowest BCUT2D eigenvalue weighted by Gasteiger charge is -2.32. The number of amides is 2. The van der Waals surface area contributed by atoms with E-state index in [-0.39, 0.29) is 34.8 Å². The second kappa shape index (κ2) is 13.7. The van der Waals surface area contributed by atoms with Gasteiger partial charge in [-0.05, 0) is 69.7 Å². The lowest BCUT2D eigenvalue weighted by molar-refractivity contribution is -0.139. The molecule has 3 aromatic rings. The van der Waals surface area contributed by atoms with Crippen molar-refractivity contribution in [2.45, 2.75) is 51.2 Å². The Bertz CT molecular complexity index is 1480. The zero-order valence-electron chi connectivity index (χ0n) is 24.0. The first-order chi connectivity index (χ1) is 19.4. The van der Waals surface area contributed by atoms with Crippen LogP contribution >= 0.6 is 11.6 Å². The molecule has 0 fully saturated rings. The summed E-state index contributed by atoms with van der Waals surface area (Å²) in [5.41, 5.74) is 2.03. The second-order valence-corrected chi connectivity index (χ2v) is 12.2. The molecule has 0 saturated carbocycles. The third kappa shape index (κ3) is 7.92. The van der Waals surface area contributed by atoms with E-state index >= 15 is 0 Å². The van der Waals surface area contributed by atoms with Crippen molar-refractivity contribution in [2.24, 2.45) is 0 Å². The first kappa shape index (κ1) is 31.8. The maximum atomic E-state index is 14.0. The molecule has 0 radical (unpaired) electrons. The highest BCUT2D eigenvalue weighted by atomic mass is 35.5. The third-order valence-corrected chi connectivity index (χ3v) is 8.39. The van der Waals surface area contributed by atoms with Gasteiger partial charge in [0.2, 0.25) is 11.8 Å². The molecule has 3 rings (SSSR count). The van der Waals surface area contributed by atoms with Crippen molar-refractivity contribution in [1.29, 1.82) is 0 Å². The van der Waals surface area contributed by atoms with Gasteiger partial charge < -0.3 is 19.7 Å². The standard InChI is InChI=1S/C30H36ClN3O6S/c1-20(2)32-30(36)22(4)33(18-23-9-7-8-21(3)16-23)29(35)19-34(25-12-10-24(31)11-13-25)41(37,38)26-14-15-27(39-5)28(17-26)40-6/h7-17,20,22H,18-19H2,1-6H3,(H,32,36)/t22-/m1/s1. The normalized spacial score (nSPS) is 12.0. The van der Waals surface area contributed by atoms with Gasteiger partial charge in [-0.25, -0.2) is 8.42 Å². The number of rotatable bonds is 12. The Kier molecular flexibility index (Phi) is 10.6. The van der Waals surface area contributed by atoms with E-state index in [2.05, 4.69) is 5.32 Å². The maximum Gasteiger partial charge on any atom is 0.264 e. The van der Waals surface area contributed by atoms with Gasteiger partial charge in [0.1, 0.15) is 12.6 Å². The lowest BCUT2D eigenvalue weighted by Crippen LogP contribution is -2.52. The molecule has 0 heterocycles. The van der Waals surface area contributed by atoms with Crippen LogP contribution in [0.2, 0.25) is 5.02 Å². The van der Waals surface area contributed by atoms with Gasteiger partial charge >= 0.3 is 0 Å². The van der Waals surface area contributed by atoms with Gasteiger partial charge in [0.25, 0.3) is 10.0 Å². The Morgan fingerprint density at radius 1 is 0.927 bits per heavy atom. The number of carbonyl (C=O) groups is 2. The highest BCUT2D eigenvalue weighted by molar-refractivity contribution is 7.92. The average Bonchev–Trinajstić information content (AvgIpc) is 2.93. The number of methoxy groups -OCH3 is 2. The van der Waals surface area contributed by atoms with Crippen molar-refractivity contribution >= 4 is 39.1 Å². The van der Waals surface area contributed by atoms with Crippen LogP contribution in [0.4, 0.5) is 5.69 Å². The summed E-state index contributed by atoms with van der Waals surface area (Å²) in [7, 11) is -1.44. The number of nitrogens with zero attached hydrogens (tertiary/aromatic N) is 2. The number of sulfonamides is 1. The zero-order valence-corrected chi connectivity index (χ0v) is 25.6. The number of hydrogen-bond acceptors (Lipinski definition) is 6. The number of benzene rings is 3. The molecule has 11 heteroatoms. The molecule has 41 heavy (non-hydrogen) atoms. The Labute approximate surface area is 247 Å². The minimum atomic E-state index is -4.29. The molecule has 2 amide bonds. The summed E-state index contributed by atoms with van der Waals surface area (Å²) < 4.78 is 39.7. The Morgan fingerprint density at radius 3 is 2.17 bits per heavy atom. The summed E-state index contributed by atoms with van der Waals surface area (Å²) in [4.78, 5) is 28.3. The molecule has 0 aliphatic carbocycles. The molecular formula is C30H36ClN3O6S. The van der Waals surface area contributed by atoms with Crippen LogP contribution in [0, 0.1) is 6.92 Å². The molecule has 1 atom stereocenters. The number of nitrogens with one attached hydrogen (secondary N) is 1. The van der Waals surface area contributed by atoms with Crippen molar-refractivity contribution in [3.05, 3.63) is 82.9 Å². The molecule has 0 saturated heterocycles. The van der Waals surface area contributed by atoms with Gasteiger partial charge in [0.15, 0.2) is 11.5 Å². The lowest BCUT2D eigenvalue weighted by atomic mass is 10.1. The molecule has 9 nitrogen and oxygen atoms in total. The molecule has 0 aromatic heterocycles. The van der Waals surface area contributed by atoms with Crippen LogP contribution in [0.25, 0.3) is 0 Å². The maximum absolute atomic E-state index is 14.0. The number of ether oxygens (including phenoxy) is 2. The van der Waals surface area contributed by atoms with Crippen LogP contribution in [0.15, 0.2) is 71.6 Å². The van der Waals surface area contributed by atoms with Crippen molar-refractivity contribution in [1.82, 2.24) is 10.2 Å². The van der Waals surface area contributed by atoms with Crippen LogP contribution < -0.4 is 19.1 Å². The van der Waals surface area contributed by atoms with Gasteiger partial charge in [-0.2, -0.15) is 0 Å². The first-order valence-corrected chi connectivity index (χ1v) is 14.8. The summed E-state index contributed by atoms with van der Waals surface area (Å²) in [6.07, 6.45) is 0. The van der Waals surface area contributed by atoms with Crippen molar-refractivity contribution in [3.8, 4) is 11.5 Å². The Hall–Kier alpha value is -3.76. The molecule has 0 aliphatic heterocycles. The van der Waals surface area contributed by atoms with E-state index in [0.29, 0.717) is 10.8 Å². The number of halogens is 1. The molecular weight excluding hydrogens is 566 g/mol. The number of aryl methyl sites for hydroxylation is 1. The third-order valence-electron chi connectivity index (χ3n) is 6.37. The number of anilines is 1. The van der Waals surface area contributed by atoms with E-state index in [1.54, 1.807) is 19.1 Å². The monoisotopic (exact) mass is 601 g/mol. The molecule has 220 valence electrons. The quantitative estimate of drug-likeness (QED) is 0.320. The second-order valence-electron chi connectivity index (χ2n) is 9.85. The number of carbonyl (C=O) groups excluding carboxylic acids is 2. The summed E-state index contributed by atoms with van der Waals surface area (Å²) in [6.45, 7) is 6.76. The van der Waals surface area contributed by atoms with E-state index < -0.39 is 28.5 Å². The minimum Gasteiger partial charge on any atom is -0.493 e. The van der Waals surface area contributed by atoms with Gasteiger partial charge in [-0.15, -0.1) is 0 Å². The smallest absolute Gasteiger partial charge is 0.264 e. The first-order valence-electron chi connectivity index (χ1n) is 13.0. The SMILES string of the molecule is COc1ccc(S(=O)(=O)N(CC(=O)N(Cc2cccc(C)c2)[C@H](C)C(=O)NC(C)C)c2ccc(Cl)cc2)cc1OC. The minimum absolute atomic E-state index is 0.103. The molecule has 0 unspecified atom stereocenters. The van der Waals surface area contributed by atoms with Crippen molar-refractivity contribution < 1.29 is 27.5 Å². The summed E-state index contributed by atoms with van der Waals surface area (Å²) in [5.74, 6) is -0.329. The molecule has 3 aromatic carbocycles. The van der Waals surface area contributed by atoms with E-state index in [1.807, 2.05) is 45.0 Å². The van der Waals surface area contributed by atoms with Gasteiger partial charge in [-0.1, -0.05) is 41.4 Å². The van der Waals surface area contributed by atoms with E-state index in [4.69, 9.17) is 21.1 Å².